The van der Waals surface area contributed by atoms with Crippen molar-refractivity contribution >= 4 is 49.3 Å². The van der Waals surface area contributed by atoms with Crippen LogP contribution in [0.4, 0.5) is 5.69 Å². The maximum Gasteiger partial charge on any atom is 0.187 e. The van der Waals surface area contributed by atoms with E-state index in [0.717, 1.165) is 50.2 Å². The number of nitrogens with zero attached hydrogens (tertiary/aromatic N) is 4. The molecule has 13 rings (SSSR count). The van der Waals surface area contributed by atoms with E-state index < -0.39 is 5.41 Å². The molecule has 0 radical (unpaired) electrons. The highest BCUT2D eigenvalue weighted by molar-refractivity contribution is 6.13. The maximum absolute atomic E-state index is 10.2. The molecular formula is C57H32N4. The highest BCUT2D eigenvalue weighted by Crippen LogP contribution is 2.63. The van der Waals surface area contributed by atoms with Gasteiger partial charge in [-0.2, -0.15) is 5.26 Å². The molecule has 2 aliphatic rings. The van der Waals surface area contributed by atoms with E-state index in [1.165, 1.54) is 60.4 Å². The SMILES string of the molecule is [C-]#[N+]c1ccc2c(c1)C1(c3ccccc3-c3ccc(-n4c5ccccc5c5cc(-c6ccc7c(c6)c6ccccc6n7-c6ccccc6)ccc54)cc31)c1cc(C#N)ccc1-2. The molecule has 2 aliphatic carbocycles. The van der Waals surface area contributed by atoms with E-state index in [4.69, 9.17) is 6.57 Å². The lowest BCUT2D eigenvalue weighted by atomic mass is 9.70. The molecule has 280 valence electrons. The summed E-state index contributed by atoms with van der Waals surface area (Å²) in [5, 5.41) is 15.0. The fraction of sp³-hybridized carbons (Fsp3) is 0.0175. The van der Waals surface area contributed by atoms with E-state index in [-0.39, 0.29) is 0 Å². The lowest BCUT2D eigenvalue weighted by molar-refractivity contribution is 0.792. The molecule has 0 N–H and O–H groups in total. The first-order valence-corrected chi connectivity index (χ1v) is 20.6. The molecule has 1 atom stereocenters. The van der Waals surface area contributed by atoms with Crippen molar-refractivity contribution in [1.82, 2.24) is 9.13 Å². The number of rotatable bonds is 3. The van der Waals surface area contributed by atoms with Crippen molar-refractivity contribution in [2.45, 2.75) is 5.41 Å². The van der Waals surface area contributed by atoms with E-state index in [2.05, 4.69) is 202 Å². The van der Waals surface area contributed by atoms with E-state index in [9.17, 15) is 5.26 Å². The molecule has 11 aromatic rings. The number of nitriles is 1. The van der Waals surface area contributed by atoms with E-state index >= 15 is 0 Å². The van der Waals surface area contributed by atoms with Crippen molar-refractivity contribution in [1.29, 1.82) is 5.26 Å². The van der Waals surface area contributed by atoms with Gasteiger partial charge in [0, 0.05) is 32.9 Å². The average Bonchev–Trinajstić information content (AvgIpc) is 4.02. The number of benzene rings is 9. The molecule has 0 amide bonds. The van der Waals surface area contributed by atoms with Crippen molar-refractivity contribution in [3.05, 3.63) is 233 Å². The summed E-state index contributed by atoms with van der Waals surface area (Å²) in [5.41, 5.74) is 18.8. The topological polar surface area (TPSA) is 38.0 Å². The van der Waals surface area contributed by atoms with Crippen molar-refractivity contribution in [3.8, 4) is 50.8 Å². The predicted octanol–water partition coefficient (Wildman–Crippen LogP) is 14.3. The molecule has 4 heteroatoms. The first-order valence-electron chi connectivity index (χ1n) is 20.6. The molecule has 9 aromatic carbocycles. The van der Waals surface area contributed by atoms with Gasteiger partial charge in [0.2, 0.25) is 0 Å². The fourth-order valence-corrected chi connectivity index (χ4v) is 10.9. The molecule has 0 bridgehead atoms. The second kappa shape index (κ2) is 12.3. The van der Waals surface area contributed by atoms with E-state index in [1.807, 2.05) is 12.1 Å². The van der Waals surface area contributed by atoms with E-state index in [0.29, 0.717) is 11.3 Å². The lowest BCUT2D eigenvalue weighted by Crippen LogP contribution is -2.26. The minimum atomic E-state index is -0.700. The van der Waals surface area contributed by atoms with Crippen LogP contribution in [0.1, 0.15) is 27.8 Å². The molecule has 2 aromatic heterocycles. The molecule has 4 nitrogen and oxygen atoms in total. The Labute approximate surface area is 351 Å². The van der Waals surface area contributed by atoms with Crippen LogP contribution >= 0.6 is 0 Å². The van der Waals surface area contributed by atoms with E-state index in [1.54, 1.807) is 0 Å². The van der Waals surface area contributed by atoms with Gasteiger partial charge in [-0.25, -0.2) is 4.85 Å². The highest BCUT2D eigenvalue weighted by atomic mass is 15.0. The van der Waals surface area contributed by atoms with Crippen LogP contribution in [0.25, 0.3) is 93.2 Å². The molecule has 0 fully saturated rings. The van der Waals surface area contributed by atoms with Gasteiger partial charge in [-0.1, -0.05) is 121 Å². The van der Waals surface area contributed by atoms with Crippen molar-refractivity contribution < 1.29 is 0 Å². The second-order valence-electron chi connectivity index (χ2n) is 16.2. The van der Waals surface area contributed by atoms with Crippen LogP contribution in [0, 0.1) is 17.9 Å². The largest absolute Gasteiger partial charge is 0.309 e. The Hall–Kier alpha value is -8.44. The molecule has 1 spiro atoms. The van der Waals surface area contributed by atoms with Gasteiger partial charge in [0.15, 0.2) is 5.69 Å². The maximum atomic E-state index is 10.2. The van der Waals surface area contributed by atoms with Crippen molar-refractivity contribution in [3.63, 3.8) is 0 Å². The fourth-order valence-electron chi connectivity index (χ4n) is 10.9. The monoisotopic (exact) mass is 772 g/mol. The Morgan fingerprint density at radius 1 is 0.410 bits per heavy atom. The minimum Gasteiger partial charge on any atom is -0.309 e. The summed E-state index contributed by atoms with van der Waals surface area (Å²) in [6.45, 7) is 8.01. The average molecular weight is 773 g/mol. The third kappa shape index (κ3) is 4.40. The Kier molecular flexibility index (Phi) is 6.75. The lowest BCUT2D eigenvalue weighted by Gasteiger charge is -2.31. The number of fused-ring (bicyclic) bond motifs is 16. The zero-order chi connectivity index (χ0) is 40.4. The van der Waals surface area contributed by atoms with Crippen molar-refractivity contribution in [2.75, 3.05) is 0 Å². The third-order valence-corrected chi connectivity index (χ3v) is 13.4. The molecule has 1 unspecified atom stereocenters. The summed E-state index contributed by atoms with van der Waals surface area (Å²) < 4.78 is 4.76. The van der Waals surface area contributed by atoms with Crippen LogP contribution in [-0.4, -0.2) is 9.13 Å². The number of para-hydroxylation sites is 3. The summed E-state index contributed by atoms with van der Waals surface area (Å²) >= 11 is 0. The summed E-state index contributed by atoms with van der Waals surface area (Å²) in [5.74, 6) is 0. The Bertz CT molecular complexity index is 3730. The first kappa shape index (κ1) is 33.5. The number of hydrogen-bond donors (Lipinski definition) is 0. The van der Waals surface area contributed by atoms with Gasteiger partial charge in [0.05, 0.1) is 45.7 Å². The van der Waals surface area contributed by atoms with Gasteiger partial charge in [0.1, 0.15) is 0 Å². The van der Waals surface area contributed by atoms with Crippen LogP contribution in [0.3, 0.4) is 0 Å². The minimum absolute atomic E-state index is 0.604. The third-order valence-electron chi connectivity index (χ3n) is 13.4. The Morgan fingerprint density at radius 3 is 1.61 bits per heavy atom. The van der Waals surface area contributed by atoms with Crippen LogP contribution < -0.4 is 0 Å². The Morgan fingerprint density at radius 2 is 0.934 bits per heavy atom. The normalized spacial score (nSPS) is 14.6. The zero-order valence-corrected chi connectivity index (χ0v) is 32.8. The summed E-state index contributed by atoms with van der Waals surface area (Å²) in [7, 11) is 0. The zero-order valence-electron chi connectivity index (χ0n) is 32.8. The van der Waals surface area contributed by atoms with Crippen LogP contribution in [-0.2, 0) is 5.41 Å². The van der Waals surface area contributed by atoms with Gasteiger partial charge >= 0.3 is 0 Å². The Balaban J connectivity index is 1.03. The van der Waals surface area contributed by atoms with Gasteiger partial charge in [-0.3, -0.25) is 0 Å². The quantitative estimate of drug-likeness (QED) is 0.165. The molecular weight excluding hydrogens is 741 g/mol. The first-order chi connectivity index (χ1) is 30.1. The summed E-state index contributed by atoms with van der Waals surface area (Å²) in [6.07, 6.45) is 0. The molecule has 0 aliphatic heterocycles. The molecule has 0 saturated carbocycles. The highest BCUT2D eigenvalue weighted by Gasteiger charge is 2.52. The van der Waals surface area contributed by atoms with Gasteiger partial charge in [-0.15, -0.1) is 0 Å². The molecule has 2 heterocycles. The van der Waals surface area contributed by atoms with Crippen LogP contribution in [0.2, 0.25) is 0 Å². The summed E-state index contributed by atoms with van der Waals surface area (Å²) in [4.78, 5) is 3.90. The standard InChI is InChI=1S/C57H32N4/c1-59-38-22-25-43-42-24-19-35(34-58)29-50(42)57(51(43)32-38)49-16-8-5-13-41(49)44-26-23-40(33-52(44)57)61-54-18-10-7-15-46(54)48-31-37(21-28-56(48)61)36-20-27-55-47(30-36)45-14-6-9-17-53(45)60(55)39-11-3-2-4-12-39/h2-33H. The smallest absolute Gasteiger partial charge is 0.187 e. The van der Waals surface area contributed by atoms with Crippen LogP contribution in [0.5, 0.6) is 0 Å². The van der Waals surface area contributed by atoms with Gasteiger partial charge < -0.3 is 9.13 Å². The van der Waals surface area contributed by atoms with Crippen molar-refractivity contribution in [2.24, 2.45) is 0 Å². The summed E-state index contributed by atoms with van der Waals surface area (Å²) in [6, 6.07) is 71.9. The van der Waals surface area contributed by atoms with Crippen LogP contribution in [0.15, 0.2) is 194 Å². The van der Waals surface area contributed by atoms with Gasteiger partial charge in [-0.05, 0) is 128 Å². The molecule has 0 saturated heterocycles. The predicted molar refractivity (Wildman–Crippen MR) is 248 cm³/mol. The molecule has 61 heavy (non-hydrogen) atoms. The number of hydrogen-bond acceptors (Lipinski definition) is 1. The number of aromatic nitrogens is 2. The second-order valence-corrected chi connectivity index (χ2v) is 16.2. The van der Waals surface area contributed by atoms with Gasteiger partial charge in [0.25, 0.3) is 0 Å².